The number of aromatic nitrogens is 2. The highest BCUT2D eigenvalue weighted by atomic mass is 35.5. The molecule has 2 aromatic carbocycles. The second-order valence-electron chi connectivity index (χ2n) is 6.44. The average molecular weight is 424 g/mol. The first kappa shape index (κ1) is 19.7. The fourth-order valence-electron chi connectivity index (χ4n) is 2.97. The first-order valence-electron chi connectivity index (χ1n) is 8.21. The molecule has 0 fully saturated rings. The third-order valence-corrected chi connectivity index (χ3v) is 7.02. The second-order valence-corrected chi connectivity index (χ2v) is 8.77. The first-order chi connectivity index (χ1) is 12.6. The highest BCUT2D eigenvalue weighted by Crippen LogP contribution is 2.29. The van der Waals surface area contributed by atoms with Gasteiger partial charge in [0.2, 0.25) is 0 Å². The molecule has 0 amide bonds. The number of nitrogens with zero attached hydrogens (tertiary/aromatic N) is 2. The number of aryl methyl sites for hydroxylation is 2. The number of sulfonamides is 1. The molecule has 8 heteroatoms. The van der Waals surface area contributed by atoms with Crippen LogP contribution in [0.1, 0.15) is 22.3 Å². The molecule has 0 aliphatic carbocycles. The molecule has 1 heterocycles. The predicted molar refractivity (Wildman–Crippen MR) is 110 cm³/mol. The van der Waals surface area contributed by atoms with Crippen LogP contribution in [-0.4, -0.2) is 18.0 Å². The van der Waals surface area contributed by atoms with E-state index in [2.05, 4.69) is 9.71 Å². The van der Waals surface area contributed by atoms with Crippen molar-refractivity contribution in [2.75, 3.05) is 4.72 Å². The minimum atomic E-state index is -3.72. The van der Waals surface area contributed by atoms with Crippen LogP contribution in [0.4, 0.5) is 5.69 Å². The third-order valence-electron chi connectivity index (χ3n) is 4.63. The van der Waals surface area contributed by atoms with Gasteiger partial charge in [-0.3, -0.25) is 9.29 Å². The number of imidazole rings is 1. The van der Waals surface area contributed by atoms with E-state index in [0.717, 1.165) is 27.9 Å². The molecular weight excluding hydrogens is 405 g/mol. The Bertz CT molecular complexity index is 1090. The molecule has 0 spiro atoms. The molecule has 0 radical (unpaired) electrons. The van der Waals surface area contributed by atoms with Crippen LogP contribution in [0.25, 0.3) is 5.69 Å². The van der Waals surface area contributed by atoms with Gasteiger partial charge in [0.05, 0.1) is 4.90 Å². The second kappa shape index (κ2) is 7.19. The summed E-state index contributed by atoms with van der Waals surface area (Å²) in [6.07, 6.45) is 1.51. The van der Waals surface area contributed by atoms with Gasteiger partial charge in [0.15, 0.2) is 10.3 Å². The van der Waals surface area contributed by atoms with Gasteiger partial charge in [-0.05, 0) is 74.2 Å². The van der Waals surface area contributed by atoms with Crippen molar-refractivity contribution in [1.82, 2.24) is 9.55 Å². The Kier molecular flexibility index (Phi) is 5.25. The lowest BCUT2D eigenvalue weighted by molar-refractivity contribution is 0.599. The van der Waals surface area contributed by atoms with Gasteiger partial charge < -0.3 is 0 Å². The van der Waals surface area contributed by atoms with E-state index in [9.17, 15) is 8.42 Å². The van der Waals surface area contributed by atoms with Crippen LogP contribution >= 0.6 is 23.2 Å². The molecule has 0 atom stereocenters. The Labute approximate surface area is 169 Å². The van der Waals surface area contributed by atoms with Crippen molar-refractivity contribution in [2.45, 2.75) is 32.6 Å². The SMILES string of the molecule is Cc1cc(C)c(C)c(S(=O)(=O)Nc2ccc(-n3cnc(Cl)c3Cl)cc2)c1C. The summed E-state index contributed by atoms with van der Waals surface area (Å²) in [5.74, 6) is 0. The number of anilines is 1. The van der Waals surface area contributed by atoms with Crippen molar-refractivity contribution < 1.29 is 8.42 Å². The molecule has 27 heavy (non-hydrogen) atoms. The molecular formula is C19H19Cl2N3O2S. The van der Waals surface area contributed by atoms with E-state index in [0.29, 0.717) is 15.7 Å². The van der Waals surface area contributed by atoms with Crippen LogP contribution in [0.5, 0.6) is 0 Å². The summed E-state index contributed by atoms with van der Waals surface area (Å²) >= 11 is 12.0. The Morgan fingerprint density at radius 2 is 1.52 bits per heavy atom. The lowest BCUT2D eigenvalue weighted by Gasteiger charge is -2.17. The standard InChI is InChI=1S/C19H19Cl2N3O2S/c1-11-9-12(2)14(4)17(13(11)3)27(25,26)23-15-5-7-16(8-6-15)24-10-22-18(20)19(24)21/h5-10,23H,1-4H3. The molecule has 1 aromatic heterocycles. The van der Waals surface area contributed by atoms with E-state index in [4.69, 9.17) is 23.2 Å². The lowest BCUT2D eigenvalue weighted by Crippen LogP contribution is -2.17. The van der Waals surface area contributed by atoms with Crippen molar-refractivity contribution in [2.24, 2.45) is 0 Å². The zero-order valence-electron chi connectivity index (χ0n) is 15.3. The maximum Gasteiger partial charge on any atom is 0.262 e. The molecule has 0 bridgehead atoms. The topological polar surface area (TPSA) is 64.0 Å². The Morgan fingerprint density at radius 1 is 0.963 bits per heavy atom. The summed E-state index contributed by atoms with van der Waals surface area (Å²) in [5, 5.41) is 0.508. The van der Waals surface area contributed by atoms with Gasteiger partial charge >= 0.3 is 0 Å². The summed E-state index contributed by atoms with van der Waals surface area (Å²) in [4.78, 5) is 4.26. The van der Waals surface area contributed by atoms with Crippen LogP contribution in [0, 0.1) is 27.7 Å². The Hall–Kier alpha value is -2.02. The van der Waals surface area contributed by atoms with E-state index >= 15 is 0 Å². The van der Waals surface area contributed by atoms with Gasteiger partial charge in [-0.25, -0.2) is 13.4 Å². The van der Waals surface area contributed by atoms with E-state index in [1.54, 1.807) is 28.8 Å². The molecule has 3 aromatic rings. The summed E-state index contributed by atoms with van der Waals surface area (Å²) in [6.45, 7) is 7.47. The summed E-state index contributed by atoms with van der Waals surface area (Å²) in [6, 6.07) is 8.82. The molecule has 0 saturated carbocycles. The highest BCUT2D eigenvalue weighted by Gasteiger charge is 2.22. The van der Waals surface area contributed by atoms with Gasteiger partial charge in [0.25, 0.3) is 10.0 Å². The van der Waals surface area contributed by atoms with E-state index < -0.39 is 10.0 Å². The first-order valence-corrected chi connectivity index (χ1v) is 10.4. The average Bonchev–Trinajstić information content (AvgIpc) is 2.93. The fraction of sp³-hybridized carbons (Fsp3) is 0.211. The molecule has 0 aliphatic rings. The van der Waals surface area contributed by atoms with Gasteiger partial charge in [0.1, 0.15) is 6.33 Å². The summed E-state index contributed by atoms with van der Waals surface area (Å²) < 4.78 is 30.3. The maximum absolute atomic E-state index is 13.0. The Morgan fingerprint density at radius 3 is 2.00 bits per heavy atom. The van der Waals surface area contributed by atoms with Gasteiger partial charge in [-0.2, -0.15) is 0 Å². The van der Waals surface area contributed by atoms with Crippen molar-refractivity contribution in [1.29, 1.82) is 0 Å². The van der Waals surface area contributed by atoms with E-state index in [-0.39, 0.29) is 5.15 Å². The summed E-state index contributed by atoms with van der Waals surface area (Å²) in [5.41, 5.74) is 4.57. The quantitative estimate of drug-likeness (QED) is 0.625. The molecule has 0 aliphatic heterocycles. The molecule has 0 unspecified atom stereocenters. The minimum absolute atomic E-state index is 0.210. The number of hydrogen-bond donors (Lipinski definition) is 1. The van der Waals surface area contributed by atoms with Crippen LogP contribution in [0.3, 0.4) is 0 Å². The number of rotatable bonds is 4. The molecule has 142 valence electrons. The lowest BCUT2D eigenvalue weighted by atomic mass is 10.0. The largest absolute Gasteiger partial charge is 0.288 e. The van der Waals surface area contributed by atoms with Crippen LogP contribution in [0.15, 0.2) is 41.6 Å². The smallest absolute Gasteiger partial charge is 0.262 e. The Balaban J connectivity index is 1.95. The molecule has 0 saturated heterocycles. The van der Waals surface area contributed by atoms with Gasteiger partial charge in [-0.1, -0.05) is 29.3 Å². The van der Waals surface area contributed by atoms with Crippen molar-refractivity contribution >= 4 is 38.9 Å². The monoisotopic (exact) mass is 423 g/mol. The molecule has 5 nitrogen and oxygen atoms in total. The molecule has 1 N–H and O–H groups in total. The predicted octanol–water partition coefficient (Wildman–Crippen LogP) is 5.21. The zero-order chi connectivity index (χ0) is 19.9. The van der Waals surface area contributed by atoms with E-state index in [1.165, 1.54) is 6.33 Å². The fourth-order valence-corrected chi connectivity index (χ4v) is 4.97. The zero-order valence-corrected chi connectivity index (χ0v) is 17.7. The number of halogens is 2. The van der Waals surface area contributed by atoms with E-state index in [1.807, 2.05) is 33.8 Å². The van der Waals surface area contributed by atoms with Gasteiger partial charge in [0, 0.05) is 11.4 Å². The van der Waals surface area contributed by atoms with Crippen molar-refractivity contribution in [3.05, 3.63) is 69.2 Å². The number of hydrogen-bond acceptors (Lipinski definition) is 3. The number of nitrogens with one attached hydrogen (secondary N) is 1. The number of benzene rings is 2. The minimum Gasteiger partial charge on any atom is -0.288 e. The van der Waals surface area contributed by atoms with Gasteiger partial charge in [-0.15, -0.1) is 0 Å². The van der Waals surface area contributed by atoms with Crippen molar-refractivity contribution in [3.8, 4) is 5.69 Å². The summed E-state index contributed by atoms with van der Waals surface area (Å²) in [7, 11) is -3.72. The maximum atomic E-state index is 13.0. The van der Waals surface area contributed by atoms with Crippen LogP contribution in [0.2, 0.25) is 10.3 Å². The molecule has 3 rings (SSSR count). The normalized spacial score (nSPS) is 11.6. The highest BCUT2D eigenvalue weighted by molar-refractivity contribution is 7.92. The van der Waals surface area contributed by atoms with Crippen molar-refractivity contribution in [3.63, 3.8) is 0 Å². The van der Waals surface area contributed by atoms with Crippen LogP contribution in [-0.2, 0) is 10.0 Å². The van der Waals surface area contributed by atoms with Crippen LogP contribution < -0.4 is 4.72 Å². The third kappa shape index (κ3) is 3.70.